The van der Waals surface area contributed by atoms with Gasteiger partial charge in [0.2, 0.25) is 0 Å². The van der Waals surface area contributed by atoms with Gasteiger partial charge in [0, 0.05) is 0 Å². The Bertz CT molecular complexity index is 417. The van der Waals surface area contributed by atoms with Gasteiger partial charge in [-0.1, -0.05) is 34.8 Å². The minimum Gasteiger partial charge on any atom is -0.216 e. The quantitative estimate of drug-likeness (QED) is 0.480. The number of halogens is 7. The molecule has 0 radical (unpaired) electrons. The molecule has 1 aromatic carbocycles. The number of allylic oxidation sites excluding steroid dienone is 1. The van der Waals surface area contributed by atoms with Crippen LogP contribution in [0.3, 0.4) is 0 Å². The van der Waals surface area contributed by atoms with Crippen molar-refractivity contribution in [2.24, 2.45) is 0 Å². The van der Waals surface area contributed by atoms with Gasteiger partial charge in [0.15, 0.2) is 0 Å². The second kappa shape index (κ2) is 5.46. The van der Waals surface area contributed by atoms with Crippen molar-refractivity contribution in [3.63, 3.8) is 0 Å². The summed E-state index contributed by atoms with van der Waals surface area (Å²) in [6, 6.07) is 2.02. The van der Waals surface area contributed by atoms with Gasteiger partial charge < -0.3 is 0 Å². The molecule has 0 aromatic heterocycles. The predicted octanol–water partition coefficient (Wildman–Crippen LogP) is 5.78. The first-order chi connectivity index (χ1) is 7.77. The lowest BCUT2D eigenvalue weighted by atomic mass is 9.99. The minimum atomic E-state index is -4.64. The van der Waals surface area contributed by atoms with E-state index in [0.29, 0.717) is 6.08 Å². The summed E-state index contributed by atoms with van der Waals surface area (Å²) in [5.41, 5.74) is -0.272. The lowest BCUT2D eigenvalue weighted by molar-refractivity contribution is -0.139. The van der Waals surface area contributed by atoms with Crippen LogP contribution in [-0.4, -0.2) is 6.18 Å². The summed E-state index contributed by atoms with van der Waals surface area (Å²) >= 11 is 16.8. The highest BCUT2D eigenvalue weighted by molar-refractivity contribution is 6.48. The first kappa shape index (κ1) is 14.6. The van der Waals surface area contributed by atoms with Gasteiger partial charge in [-0.3, -0.25) is 0 Å². The van der Waals surface area contributed by atoms with E-state index in [1.165, 1.54) is 0 Å². The molecule has 0 bridgehead atoms. The molecule has 1 atom stereocenters. The van der Waals surface area contributed by atoms with Crippen molar-refractivity contribution in [1.29, 1.82) is 0 Å². The van der Waals surface area contributed by atoms with Crippen LogP contribution in [0.15, 0.2) is 24.5 Å². The molecular formula is C10H5Cl3F4. The molecule has 7 heteroatoms. The molecule has 94 valence electrons. The smallest absolute Gasteiger partial charge is 0.216 e. The van der Waals surface area contributed by atoms with Gasteiger partial charge in [0.25, 0.3) is 0 Å². The third-order valence-electron chi connectivity index (χ3n) is 1.98. The molecular weight excluding hydrogens is 302 g/mol. The van der Waals surface area contributed by atoms with E-state index in [2.05, 4.69) is 0 Å². The van der Waals surface area contributed by atoms with E-state index in [4.69, 9.17) is 34.8 Å². The zero-order valence-corrected chi connectivity index (χ0v) is 10.3. The fourth-order valence-electron chi connectivity index (χ4n) is 1.24. The molecule has 0 nitrogen and oxygen atoms in total. The maximum Gasteiger partial charge on any atom is 0.399 e. The van der Waals surface area contributed by atoms with Crippen LogP contribution >= 0.6 is 34.8 Å². The van der Waals surface area contributed by atoms with Gasteiger partial charge >= 0.3 is 6.18 Å². The summed E-state index contributed by atoms with van der Waals surface area (Å²) in [6.45, 7) is 0. The minimum absolute atomic E-state index is 0.0396. The van der Waals surface area contributed by atoms with Crippen LogP contribution in [-0.2, 0) is 0 Å². The largest absolute Gasteiger partial charge is 0.399 e. The van der Waals surface area contributed by atoms with E-state index in [0.717, 1.165) is 12.1 Å². The van der Waals surface area contributed by atoms with E-state index < -0.39 is 12.1 Å². The molecule has 0 aliphatic heterocycles. The second-order valence-corrected chi connectivity index (χ2v) is 4.33. The fourth-order valence-corrected chi connectivity index (χ4v) is 1.85. The summed E-state index contributed by atoms with van der Waals surface area (Å²) in [4.78, 5) is 0. The van der Waals surface area contributed by atoms with Crippen molar-refractivity contribution in [3.8, 4) is 0 Å². The third-order valence-corrected chi connectivity index (χ3v) is 3.18. The molecule has 0 spiro atoms. The lowest BCUT2D eigenvalue weighted by Gasteiger charge is -2.17. The van der Waals surface area contributed by atoms with E-state index in [1.807, 2.05) is 0 Å². The zero-order chi connectivity index (χ0) is 13.2. The van der Waals surface area contributed by atoms with Crippen LogP contribution in [0.25, 0.3) is 0 Å². The van der Waals surface area contributed by atoms with Crippen LogP contribution < -0.4 is 0 Å². The van der Waals surface area contributed by atoms with Crippen LogP contribution in [0.4, 0.5) is 17.6 Å². The van der Waals surface area contributed by atoms with Crippen molar-refractivity contribution < 1.29 is 17.6 Å². The molecule has 0 aliphatic rings. The Morgan fingerprint density at radius 3 is 1.88 bits per heavy atom. The Morgan fingerprint density at radius 2 is 1.53 bits per heavy atom. The molecule has 17 heavy (non-hydrogen) atoms. The third kappa shape index (κ3) is 3.50. The lowest BCUT2D eigenvalue weighted by Crippen LogP contribution is -2.18. The van der Waals surface area contributed by atoms with Crippen LogP contribution in [0.2, 0.25) is 15.1 Å². The molecule has 0 amide bonds. The average molecular weight is 308 g/mol. The Hall–Kier alpha value is -0.450. The molecule has 0 fully saturated rings. The first-order valence-corrected chi connectivity index (χ1v) is 5.38. The topological polar surface area (TPSA) is 0 Å². The summed E-state index contributed by atoms with van der Waals surface area (Å²) in [5.74, 6) is -2.11. The maximum absolute atomic E-state index is 12.6. The average Bonchev–Trinajstić information content (AvgIpc) is 2.20. The van der Waals surface area contributed by atoms with Crippen LogP contribution in [0.5, 0.6) is 0 Å². The molecule has 1 unspecified atom stereocenters. The summed E-state index contributed by atoms with van der Waals surface area (Å²) < 4.78 is 49.8. The van der Waals surface area contributed by atoms with E-state index >= 15 is 0 Å². The van der Waals surface area contributed by atoms with Crippen molar-refractivity contribution >= 4 is 34.8 Å². The standard InChI is InChI=1S/C10H5Cl3F4/c11-7-3-5(4-8(12)9(7)13)6(1-2-14)10(15,16)17/h1-4,6H. The van der Waals surface area contributed by atoms with Crippen molar-refractivity contribution in [2.75, 3.05) is 0 Å². The molecule has 0 saturated heterocycles. The predicted molar refractivity (Wildman–Crippen MR) is 60.5 cm³/mol. The van der Waals surface area contributed by atoms with Crippen molar-refractivity contribution in [1.82, 2.24) is 0 Å². The van der Waals surface area contributed by atoms with Gasteiger partial charge in [0.1, 0.15) is 5.92 Å². The molecule has 1 rings (SSSR count). The van der Waals surface area contributed by atoms with Crippen molar-refractivity contribution in [3.05, 3.63) is 45.2 Å². The Morgan fingerprint density at radius 1 is 1.06 bits per heavy atom. The second-order valence-electron chi connectivity index (χ2n) is 3.14. The number of benzene rings is 1. The summed E-state index contributed by atoms with van der Waals surface area (Å²) in [7, 11) is 0. The highest BCUT2D eigenvalue weighted by Gasteiger charge is 2.39. The number of rotatable bonds is 2. The highest BCUT2D eigenvalue weighted by Crippen LogP contribution is 2.40. The van der Waals surface area contributed by atoms with Crippen molar-refractivity contribution in [2.45, 2.75) is 12.1 Å². The molecule has 0 saturated carbocycles. The molecule has 0 aliphatic carbocycles. The SMILES string of the molecule is FC=CC(c1cc(Cl)c(Cl)c(Cl)c1)C(F)(F)F. The van der Waals surface area contributed by atoms with Gasteiger partial charge in [-0.25, -0.2) is 4.39 Å². The van der Waals surface area contributed by atoms with Gasteiger partial charge in [-0.2, -0.15) is 13.2 Å². The molecule has 1 aromatic rings. The summed E-state index contributed by atoms with van der Waals surface area (Å²) in [6.07, 6.45) is -4.44. The van der Waals surface area contributed by atoms with Crippen LogP contribution in [0, 0.1) is 0 Å². The summed E-state index contributed by atoms with van der Waals surface area (Å²) in [5, 5.41) is -0.270. The monoisotopic (exact) mass is 306 g/mol. The zero-order valence-electron chi connectivity index (χ0n) is 8.03. The van der Waals surface area contributed by atoms with Crippen LogP contribution in [0.1, 0.15) is 11.5 Å². The van der Waals surface area contributed by atoms with E-state index in [-0.39, 0.29) is 27.0 Å². The Kier molecular flexibility index (Phi) is 4.69. The normalized spacial score (nSPS) is 14.3. The van der Waals surface area contributed by atoms with Gasteiger partial charge in [-0.05, 0) is 23.8 Å². The Balaban J connectivity index is 3.30. The van der Waals surface area contributed by atoms with E-state index in [9.17, 15) is 17.6 Å². The van der Waals surface area contributed by atoms with Gasteiger partial charge in [-0.15, -0.1) is 0 Å². The molecule has 0 N–H and O–H groups in total. The fraction of sp³-hybridized carbons (Fsp3) is 0.200. The number of hydrogen-bond donors (Lipinski definition) is 0. The van der Waals surface area contributed by atoms with E-state index in [1.54, 1.807) is 0 Å². The highest BCUT2D eigenvalue weighted by atomic mass is 35.5. The maximum atomic E-state index is 12.6. The Labute approximate surface area is 110 Å². The van der Waals surface area contributed by atoms with Gasteiger partial charge in [0.05, 0.1) is 21.4 Å². The first-order valence-electron chi connectivity index (χ1n) is 4.25. The number of alkyl halides is 3. The molecule has 0 heterocycles. The number of hydrogen-bond acceptors (Lipinski definition) is 0.